The Morgan fingerprint density at radius 1 is 0.722 bits per heavy atom. The number of unbranched alkanes of at least 4 members (excludes halogenated alkanes) is 12. The van der Waals surface area contributed by atoms with Crippen LogP contribution in [0.15, 0.2) is 0 Å². The van der Waals surface area contributed by atoms with Crippen LogP contribution in [0.3, 0.4) is 0 Å². The lowest BCUT2D eigenvalue weighted by atomic mass is 10.1. The zero-order valence-electron chi connectivity index (χ0n) is 23.2. The standard InChI is InChI=1S/C28H52N2O6/c1-4-6-8-10-12-14-16-18-26(31)34-22-25(23-35-28(33)29-24-20-30(3)21-24)36-27(32)19-17-15-13-11-9-7-5-2/h24-25H,4-23H2,1-3H3,(H,29,33). The molecule has 0 aromatic rings. The maximum absolute atomic E-state index is 12.3. The Kier molecular flexibility index (Phi) is 19.0. The van der Waals surface area contributed by atoms with Gasteiger partial charge >= 0.3 is 18.0 Å². The number of amides is 1. The van der Waals surface area contributed by atoms with Gasteiger partial charge in [-0.25, -0.2) is 4.79 Å². The van der Waals surface area contributed by atoms with Crippen LogP contribution in [-0.2, 0) is 23.8 Å². The van der Waals surface area contributed by atoms with Crippen molar-refractivity contribution < 1.29 is 28.6 Å². The third-order valence-corrected chi connectivity index (χ3v) is 6.48. The van der Waals surface area contributed by atoms with E-state index in [2.05, 4.69) is 24.1 Å². The molecule has 1 amide bonds. The van der Waals surface area contributed by atoms with E-state index < -0.39 is 12.2 Å². The van der Waals surface area contributed by atoms with Crippen LogP contribution in [0.4, 0.5) is 4.79 Å². The molecule has 0 saturated carbocycles. The highest BCUT2D eigenvalue weighted by atomic mass is 16.6. The molecule has 1 saturated heterocycles. The number of alkyl carbamates (subject to hydrolysis) is 1. The van der Waals surface area contributed by atoms with Gasteiger partial charge in [0.1, 0.15) is 13.2 Å². The normalized spacial score (nSPS) is 14.6. The van der Waals surface area contributed by atoms with E-state index in [0.717, 1.165) is 51.6 Å². The molecule has 1 atom stereocenters. The molecule has 0 bridgehead atoms. The smallest absolute Gasteiger partial charge is 0.407 e. The number of likely N-dealkylation sites (N-methyl/N-ethyl adjacent to an activating group) is 1. The van der Waals surface area contributed by atoms with Crippen LogP contribution >= 0.6 is 0 Å². The van der Waals surface area contributed by atoms with Crippen LogP contribution in [0, 0.1) is 0 Å². The average molecular weight is 513 g/mol. The van der Waals surface area contributed by atoms with Gasteiger partial charge in [-0.2, -0.15) is 0 Å². The molecule has 1 fully saturated rings. The highest BCUT2D eigenvalue weighted by molar-refractivity contribution is 5.70. The number of esters is 2. The molecule has 1 N–H and O–H groups in total. The van der Waals surface area contributed by atoms with E-state index in [-0.39, 0.29) is 31.2 Å². The van der Waals surface area contributed by atoms with Crippen LogP contribution in [0.2, 0.25) is 0 Å². The number of ether oxygens (including phenoxy) is 3. The summed E-state index contributed by atoms with van der Waals surface area (Å²) >= 11 is 0. The summed E-state index contributed by atoms with van der Waals surface area (Å²) in [5.41, 5.74) is 0. The Morgan fingerprint density at radius 2 is 1.19 bits per heavy atom. The highest BCUT2D eigenvalue weighted by Crippen LogP contribution is 2.11. The summed E-state index contributed by atoms with van der Waals surface area (Å²) in [4.78, 5) is 38.7. The van der Waals surface area contributed by atoms with Crippen molar-refractivity contribution in [2.75, 3.05) is 33.4 Å². The largest absolute Gasteiger partial charge is 0.462 e. The molecule has 0 aromatic carbocycles. The summed E-state index contributed by atoms with van der Waals surface area (Å²) in [6.45, 7) is 5.71. The first-order valence-electron chi connectivity index (χ1n) is 14.4. The van der Waals surface area contributed by atoms with Crippen molar-refractivity contribution >= 4 is 18.0 Å². The summed E-state index contributed by atoms with van der Waals surface area (Å²) in [6.07, 6.45) is 15.0. The lowest BCUT2D eigenvalue weighted by molar-refractivity contribution is -0.161. The topological polar surface area (TPSA) is 94.2 Å². The van der Waals surface area contributed by atoms with Gasteiger partial charge in [0.05, 0.1) is 6.04 Å². The first kappa shape index (κ1) is 32.2. The molecule has 1 aliphatic heterocycles. The Morgan fingerprint density at radius 3 is 1.72 bits per heavy atom. The van der Waals surface area contributed by atoms with Gasteiger partial charge < -0.3 is 24.4 Å². The molecule has 0 radical (unpaired) electrons. The highest BCUT2D eigenvalue weighted by Gasteiger charge is 2.26. The monoisotopic (exact) mass is 512 g/mol. The molecule has 1 aliphatic rings. The Labute approximate surface area is 219 Å². The summed E-state index contributed by atoms with van der Waals surface area (Å²) < 4.78 is 16.1. The minimum Gasteiger partial charge on any atom is -0.462 e. The van der Waals surface area contributed by atoms with Crippen molar-refractivity contribution in [2.24, 2.45) is 0 Å². The first-order chi connectivity index (χ1) is 17.4. The molecule has 36 heavy (non-hydrogen) atoms. The lowest BCUT2D eigenvalue weighted by Crippen LogP contribution is -2.57. The average Bonchev–Trinajstić information content (AvgIpc) is 2.83. The molecule has 1 unspecified atom stereocenters. The molecule has 0 spiro atoms. The third kappa shape index (κ3) is 17.6. The SMILES string of the molecule is CCCCCCCCCC(=O)OCC(COC(=O)NC1CN(C)C1)OC(=O)CCCCCCCCC. The maximum Gasteiger partial charge on any atom is 0.407 e. The minimum absolute atomic E-state index is 0.0700. The number of hydrogen-bond donors (Lipinski definition) is 1. The lowest BCUT2D eigenvalue weighted by Gasteiger charge is -2.36. The van der Waals surface area contributed by atoms with Crippen molar-refractivity contribution in [2.45, 2.75) is 129 Å². The number of rotatable bonds is 22. The molecule has 0 aromatic heterocycles. The van der Waals surface area contributed by atoms with Crippen molar-refractivity contribution in [3.05, 3.63) is 0 Å². The van der Waals surface area contributed by atoms with Gasteiger partial charge in [-0.1, -0.05) is 90.9 Å². The van der Waals surface area contributed by atoms with Crippen molar-refractivity contribution in [3.63, 3.8) is 0 Å². The summed E-state index contributed by atoms with van der Waals surface area (Å²) in [6, 6.07) is 0.0700. The molecule has 0 aliphatic carbocycles. The predicted molar refractivity (Wildman–Crippen MR) is 142 cm³/mol. The van der Waals surface area contributed by atoms with Crippen LogP contribution in [0.1, 0.15) is 117 Å². The van der Waals surface area contributed by atoms with Crippen LogP contribution < -0.4 is 5.32 Å². The van der Waals surface area contributed by atoms with Gasteiger partial charge in [0, 0.05) is 25.9 Å². The number of carbonyl (C=O) groups is 3. The van der Waals surface area contributed by atoms with Crippen molar-refractivity contribution in [1.82, 2.24) is 10.2 Å². The van der Waals surface area contributed by atoms with E-state index in [1.165, 1.54) is 51.4 Å². The van der Waals surface area contributed by atoms with E-state index in [4.69, 9.17) is 14.2 Å². The molecular formula is C28H52N2O6. The van der Waals surface area contributed by atoms with Gasteiger partial charge in [0.25, 0.3) is 0 Å². The fourth-order valence-electron chi connectivity index (χ4n) is 4.24. The van der Waals surface area contributed by atoms with E-state index in [0.29, 0.717) is 12.8 Å². The Hall–Kier alpha value is -1.83. The third-order valence-electron chi connectivity index (χ3n) is 6.48. The predicted octanol–water partition coefficient (Wildman–Crippen LogP) is 5.76. The Balaban J connectivity index is 2.32. The van der Waals surface area contributed by atoms with Crippen molar-refractivity contribution in [1.29, 1.82) is 0 Å². The van der Waals surface area contributed by atoms with E-state index in [1.54, 1.807) is 0 Å². The number of hydrogen-bond acceptors (Lipinski definition) is 7. The summed E-state index contributed by atoms with van der Waals surface area (Å²) in [7, 11) is 1.98. The van der Waals surface area contributed by atoms with Gasteiger partial charge in [0.15, 0.2) is 6.10 Å². The minimum atomic E-state index is -0.796. The molecule has 210 valence electrons. The van der Waals surface area contributed by atoms with E-state index in [9.17, 15) is 14.4 Å². The maximum atomic E-state index is 12.3. The number of nitrogens with zero attached hydrogens (tertiary/aromatic N) is 1. The number of nitrogens with one attached hydrogen (secondary N) is 1. The number of carbonyl (C=O) groups excluding carboxylic acids is 3. The van der Waals surface area contributed by atoms with Crippen LogP contribution in [0.5, 0.6) is 0 Å². The number of likely N-dealkylation sites (tertiary alicyclic amines) is 1. The molecule has 1 rings (SSSR count). The van der Waals surface area contributed by atoms with Gasteiger partial charge in [-0.3, -0.25) is 9.59 Å². The van der Waals surface area contributed by atoms with Gasteiger partial charge in [-0.15, -0.1) is 0 Å². The summed E-state index contributed by atoms with van der Waals surface area (Å²) in [5, 5.41) is 2.78. The van der Waals surface area contributed by atoms with Gasteiger partial charge in [0.2, 0.25) is 0 Å². The quantitative estimate of drug-likeness (QED) is 0.112. The zero-order valence-corrected chi connectivity index (χ0v) is 23.2. The summed E-state index contributed by atoms with van der Waals surface area (Å²) in [5.74, 6) is -0.653. The molecule has 8 nitrogen and oxygen atoms in total. The molecular weight excluding hydrogens is 460 g/mol. The fraction of sp³-hybridized carbons (Fsp3) is 0.893. The first-order valence-corrected chi connectivity index (χ1v) is 14.4. The fourth-order valence-corrected chi connectivity index (χ4v) is 4.24. The zero-order chi connectivity index (χ0) is 26.4. The molecule has 1 heterocycles. The second-order valence-corrected chi connectivity index (χ2v) is 10.2. The van der Waals surface area contributed by atoms with Gasteiger partial charge in [-0.05, 0) is 19.9 Å². The van der Waals surface area contributed by atoms with Crippen LogP contribution in [0.25, 0.3) is 0 Å². The van der Waals surface area contributed by atoms with Crippen molar-refractivity contribution in [3.8, 4) is 0 Å². The van der Waals surface area contributed by atoms with Crippen LogP contribution in [-0.4, -0.2) is 68.4 Å². The van der Waals surface area contributed by atoms with E-state index in [1.807, 2.05) is 7.05 Å². The second kappa shape index (κ2) is 21.3. The van der Waals surface area contributed by atoms with E-state index >= 15 is 0 Å². The molecule has 8 heteroatoms. The Bertz CT molecular complexity index is 595. The second-order valence-electron chi connectivity index (χ2n) is 10.2.